The Labute approximate surface area is 497 Å². The molecule has 0 saturated heterocycles. The van der Waals surface area contributed by atoms with Crippen molar-refractivity contribution in [2.24, 2.45) is 0 Å². The highest BCUT2D eigenvalue weighted by Gasteiger charge is 2.19. The second kappa shape index (κ2) is 68.3. The summed E-state index contributed by atoms with van der Waals surface area (Å²) < 4.78 is 17.0. The van der Waals surface area contributed by atoms with Crippen LogP contribution in [0.25, 0.3) is 0 Å². The summed E-state index contributed by atoms with van der Waals surface area (Å²) in [5.41, 5.74) is 0. The van der Waals surface area contributed by atoms with E-state index < -0.39 is 6.10 Å². The summed E-state index contributed by atoms with van der Waals surface area (Å²) in [6.07, 6.45) is 89.3. The van der Waals surface area contributed by atoms with Gasteiger partial charge in [-0.05, 0) is 89.9 Å². The highest BCUT2D eigenvalue weighted by atomic mass is 16.6. The van der Waals surface area contributed by atoms with E-state index in [1.807, 2.05) is 0 Å². The minimum absolute atomic E-state index is 0.0775. The first-order valence-electron chi connectivity index (χ1n) is 34.9. The number of hydrogen-bond acceptors (Lipinski definition) is 6. The molecule has 0 aliphatic rings. The minimum Gasteiger partial charge on any atom is -0.462 e. The van der Waals surface area contributed by atoms with Crippen molar-refractivity contribution in [3.8, 4) is 0 Å². The monoisotopic (exact) mass is 1120 g/mol. The Bertz CT molecular complexity index is 1470. The second-order valence-electron chi connectivity index (χ2n) is 23.4. The predicted molar refractivity (Wildman–Crippen MR) is 348 cm³/mol. The number of carbonyl (C=O) groups excluding carboxylic acids is 3. The summed E-state index contributed by atoms with van der Waals surface area (Å²) in [7, 11) is 0. The van der Waals surface area contributed by atoms with Crippen LogP contribution < -0.4 is 0 Å². The maximum absolute atomic E-state index is 12.9. The van der Waals surface area contributed by atoms with Gasteiger partial charge in [-0.3, -0.25) is 14.4 Å². The van der Waals surface area contributed by atoms with E-state index >= 15 is 0 Å². The number of carbonyl (C=O) groups is 3. The zero-order valence-corrected chi connectivity index (χ0v) is 53.3. The Kier molecular flexibility index (Phi) is 65.7. The molecular formula is C74H132O6. The van der Waals surface area contributed by atoms with Gasteiger partial charge in [-0.15, -0.1) is 0 Å². The van der Waals surface area contributed by atoms with Gasteiger partial charge in [0.05, 0.1) is 0 Å². The standard InChI is InChI=1S/C74H132O6/c1-4-7-10-13-16-19-22-25-28-30-32-33-34-35-36-37-38-39-40-41-42-44-46-49-52-55-58-61-64-67-73(76)79-70-71(69-78-72(75)66-63-60-57-54-51-48-45-27-24-21-18-15-12-9-6-3)80-74(77)68-65-62-59-56-53-50-47-43-31-29-26-23-20-17-14-11-8-5-2/h9,12,18,21-22,25,27,30,32,34-35,45,71H,4-8,10-11,13-17,19-20,23-24,26,28-29,31,33,36-44,46-70H2,1-3H3/b12-9-,21-18-,25-22-,32-30-,35-34-,45-27-. The summed E-state index contributed by atoms with van der Waals surface area (Å²) in [6, 6.07) is 0. The average Bonchev–Trinajstić information content (AvgIpc) is 3.46. The first-order valence-corrected chi connectivity index (χ1v) is 34.9. The van der Waals surface area contributed by atoms with Crippen molar-refractivity contribution < 1.29 is 28.6 Å². The molecule has 0 rings (SSSR count). The molecule has 1 atom stereocenters. The van der Waals surface area contributed by atoms with Crippen LogP contribution in [0.1, 0.15) is 361 Å². The number of ether oxygens (including phenoxy) is 3. The largest absolute Gasteiger partial charge is 0.462 e. The Morgan fingerprint density at radius 3 is 0.762 bits per heavy atom. The lowest BCUT2D eigenvalue weighted by Crippen LogP contribution is -2.30. The van der Waals surface area contributed by atoms with Crippen molar-refractivity contribution in [2.75, 3.05) is 13.2 Å². The third-order valence-corrected chi connectivity index (χ3v) is 15.4. The molecule has 6 nitrogen and oxygen atoms in total. The van der Waals surface area contributed by atoms with Gasteiger partial charge in [0.15, 0.2) is 6.10 Å². The highest BCUT2D eigenvalue weighted by molar-refractivity contribution is 5.71. The zero-order chi connectivity index (χ0) is 57.8. The van der Waals surface area contributed by atoms with Gasteiger partial charge in [0.25, 0.3) is 0 Å². The molecule has 0 bridgehead atoms. The third kappa shape index (κ3) is 65.7. The van der Waals surface area contributed by atoms with Gasteiger partial charge in [0.1, 0.15) is 13.2 Å². The van der Waals surface area contributed by atoms with E-state index in [1.165, 1.54) is 212 Å². The molecule has 0 aromatic heterocycles. The third-order valence-electron chi connectivity index (χ3n) is 15.4. The lowest BCUT2D eigenvalue weighted by Gasteiger charge is -2.18. The first-order chi connectivity index (χ1) is 39.5. The minimum atomic E-state index is -0.782. The van der Waals surface area contributed by atoms with Crippen LogP contribution in [0, 0.1) is 0 Å². The van der Waals surface area contributed by atoms with Gasteiger partial charge in [-0.25, -0.2) is 0 Å². The number of rotatable bonds is 64. The van der Waals surface area contributed by atoms with Crippen LogP contribution in [0.4, 0.5) is 0 Å². The van der Waals surface area contributed by atoms with E-state index in [4.69, 9.17) is 14.2 Å². The van der Waals surface area contributed by atoms with E-state index in [9.17, 15) is 14.4 Å². The van der Waals surface area contributed by atoms with Crippen LogP contribution in [0.15, 0.2) is 72.9 Å². The number of allylic oxidation sites excluding steroid dienone is 12. The molecule has 0 N–H and O–H groups in total. The molecule has 0 spiro atoms. The molecule has 80 heavy (non-hydrogen) atoms. The molecule has 1 unspecified atom stereocenters. The van der Waals surface area contributed by atoms with Gasteiger partial charge >= 0.3 is 17.9 Å². The molecule has 0 aromatic carbocycles. The Morgan fingerprint density at radius 1 is 0.263 bits per heavy atom. The maximum atomic E-state index is 12.9. The first kappa shape index (κ1) is 76.9. The Morgan fingerprint density at radius 2 is 0.487 bits per heavy atom. The van der Waals surface area contributed by atoms with E-state index in [1.54, 1.807) is 0 Å². The SMILES string of the molecule is CC/C=C\C/C=C\C/C=C\CCCCCCCC(=O)OCC(COC(=O)CCCCCCCCCCCCCCCC/C=C\C/C=C\C/C=C\CCCCCCC)OC(=O)CCCCCCCCCCCCCCCCCCCC. The van der Waals surface area contributed by atoms with Crippen molar-refractivity contribution >= 4 is 17.9 Å². The van der Waals surface area contributed by atoms with Gasteiger partial charge in [0, 0.05) is 19.3 Å². The lowest BCUT2D eigenvalue weighted by molar-refractivity contribution is -0.167. The fourth-order valence-corrected chi connectivity index (χ4v) is 10.2. The van der Waals surface area contributed by atoms with Gasteiger partial charge in [-0.1, -0.05) is 325 Å². The Balaban J connectivity index is 4.25. The fourth-order valence-electron chi connectivity index (χ4n) is 10.2. The average molecular weight is 1120 g/mol. The van der Waals surface area contributed by atoms with Gasteiger partial charge in [-0.2, -0.15) is 0 Å². The van der Waals surface area contributed by atoms with Crippen LogP contribution >= 0.6 is 0 Å². The van der Waals surface area contributed by atoms with E-state index in [2.05, 4.69) is 93.7 Å². The topological polar surface area (TPSA) is 78.9 Å². The molecule has 0 saturated carbocycles. The molecule has 0 fully saturated rings. The highest BCUT2D eigenvalue weighted by Crippen LogP contribution is 2.18. The predicted octanol–water partition coefficient (Wildman–Crippen LogP) is 24.1. The fraction of sp³-hybridized carbons (Fsp3) is 0.797. The van der Waals surface area contributed by atoms with E-state index in [-0.39, 0.29) is 31.1 Å². The number of hydrogen-bond donors (Lipinski definition) is 0. The summed E-state index contributed by atoms with van der Waals surface area (Å²) in [6.45, 7) is 6.56. The normalized spacial score (nSPS) is 12.5. The second-order valence-corrected chi connectivity index (χ2v) is 23.4. The molecule has 0 aromatic rings. The van der Waals surface area contributed by atoms with Crippen molar-refractivity contribution in [1.29, 1.82) is 0 Å². The maximum Gasteiger partial charge on any atom is 0.306 e. The van der Waals surface area contributed by atoms with E-state index in [0.717, 1.165) is 109 Å². The molecule has 6 heteroatoms. The van der Waals surface area contributed by atoms with Crippen LogP contribution in [0.3, 0.4) is 0 Å². The Hall–Kier alpha value is -3.15. The van der Waals surface area contributed by atoms with Crippen molar-refractivity contribution in [1.82, 2.24) is 0 Å². The van der Waals surface area contributed by atoms with Crippen LogP contribution in [0.2, 0.25) is 0 Å². The van der Waals surface area contributed by atoms with Crippen LogP contribution in [-0.4, -0.2) is 37.2 Å². The number of esters is 3. The number of unbranched alkanes of at least 4 members (excludes halogenated alkanes) is 41. The van der Waals surface area contributed by atoms with Crippen molar-refractivity contribution in [2.45, 2.75) is 367 Å². The van der Waals surface area contributed by atoms with E-state index in [0.29, 0.717) is 19.3 Å². The smallest absolute Gasteiger partial charge is 0.306 e. The summed E-state index contributed by atoms with van der Waals surface area (Å²) >= 11 is 0. The van der Waals surface area contributed by atoms with Crippen molar-refractivity contribution in [3.63, 3.8) is 0 Å². The molecule has 464 valence electrons. The van der Waals surface area contributed by atoms with Gasteiger partial charge < -0.3 is 14.2 Å². The molecule has 0 aliphatic heterocycles. The van der Waals surface area contributed by atoms with Crippen molar-refractivity contribution in [3.05, 3.63) is 72.9 Å². The molecule has 0 amide bonds. The van der Waals surface area contributed by atoms with Gasteiger partial charge in [0.2, 0.25) is 0 Å². The summed E-state index contributed by atoms with van der Waals surface area (Å²) in [5.74, 6) is -0.874. The molecule has 0 aliphatic carbocycles. The summed E-state index contributed by atoms with van der Waals surface area (Å²) in [5, 5.41) is 0. The zero-order valence-electron chi connectivity index (χ0n) is 53.3. The molecule has 0 heterocycles. The summed E-state index contributed by atoms with van der Waals surface area (Å²) in [4.78, 5) is 38.4. The van der Waals surface area contributed by atoms with Crippen LogP contribution in [-0.2, 0) is 28.6 Å². The van der Waals surface area contributed by atoms with Crippen LogP contribution in [0.5, 0.6) is 0 Å². The lowest BCUT2D eigenvalue weighted by atomic mass is 10.0. The molecular weight excluding hydrogens is 985 g/mol. The quantitative estimate of drug-likeness (QED) is 0.0261. The molecule has 0 radical (unpaired) electrons.